The van der Waals surface area contributed by atoms with E-state index >= 15 is 0 Å². The number of nitrogens with zero attached hydrogens (tertiary/aromatic N) is 1. The zero-order chi connectivity index (χ0) is 19.4. The van der Waals surface area contributed by atoms with Crippen LogP contribution in [0.5, 0.6) is 0 Å². The summed E-state index contributed by atoms with van der Waals surface area (Å²) in [6.07, 6.45) is 1.33. The summed E-state index contributed by atoms with van der Waals surface area (Å²) in [4.78, 5) is 12.2. The molecule has 0 aliphatic carbocycles. The van der Waals surface area contributed by atoms with Gasteiger partial charge in [-0.3, -0.25) is 4.79 Å². The van der Waals surface area contributed by atoms with Gasteiger partial charge in [-0.25, -0.2) is 8.78 Å². The molecule has 3 rings (SSSR count). The van der Waals surface area contributed by atoms with Crippen molar-refractivity contribution in [2.45, 2.75) is 6.92 Å². The average Bonchev–Trinajstić information content (AvgIpc) is 2.64. The van der Waals surface area contributed by atoms with Gasteiger partial charge in [0.15, 0.2) is 0 Å². The Hall–Kier alpha value is -3.54. The number of rotatable bonds is 4. The van der Waals surface area contributed by atoms with Gasteiger partial charge in [0.25, 0.3) is 5.91 Å². The van der Waals surface area contributed by atoms with Crippen LogP contribution in [0.4, 0.5) is 14.5 Å². The molecule has 0 radical (unpaired) electrons. The molecule has 0 aliphatic rings. The maximum absolute atomic E-state index is 13.7. The smallest absolute Gasteiger partial charge is 0.261 e. The van der Waals surface area contributed by atoms with Crippen LogP contribution in [0.25, 0.3) is 11.1 Å². The molecule has 4 nitrogen and oxygen atoms in total. The molecule has 0 heterocycles. The maximum Gasteiger partial charge on any atom is 0.261 e. The highest BCUT2D eigenvalue weighted by Gasteiger charge is 2.17. The van der Waals surface area contributed by atoms with Crippen LogP contribution in [0.1, 0.15) is 21.5 Å². The van der Waals surface area contributed by atoms with Gasteiger partial charge in [-0.15, -0.1) is 0 Å². The number of amides is 1. The molecule has 0 aliphatic heterocycles. The van der Waals surface area contributed by atoms with Crippen molar-refractivity contribution in [2.24, 2.45) is 5.16 Å². The molecular weight excluding hydrogens is 350 g/mol. The van der Waals surface area contributed by atoms with E-state index in [9.17, 15) is 13.6 Å². The number of benzene rings is 3. The van der Waals surface area contributed by atoms with Crippen LogP contribution in [0.15, 0.2) is 65.8 Å². The lowest BCUT2D eigenvalue weighted by molar-refractivity contribution is 0.101. The number of hydrogen-bond acceptors (Lipinski definition) is 3. The highest BCUT2D eigenvalue weighted by atomic mass is 19.1. The molecule has 0 aromatic heterocycles. The second-order valence-electron chi connectivity index (χ2n) is 5.95. The molecule has 3 aromatic carbocycles. The predicted molar refractivity (Wildman–Crippen MR) is 100 cm³/mol. The maximum atomic E-state index is 13.7. The lowest BCUT2D eigenvalue weighted by Gasteiger charge is -2.10. The van der Waals surface area contributed by atoms with Gasteiger partial charge in [0, 0.05) is 5.69 Å². The van der Waals surface area contributed by atoms with Crippen LogP contribution in [-0.4, -0.2) is 17.3 Å². The normalized spacial score (nSPS) is 10.9. The van der Waals surface area contributed by atoms with Crippen molar-refractivity contribution < 1.29 is 18.8 Å². The van der Waals surface area contributed by atoms with Crippen molar-refractivity contribution >= 4 is 17.8 Å². The third-order valence-corrected chi connectivity index (χ3v) is 4.11. The van der Waals surface area contributed by atoms with Gasteiger partial charge >= 0.3 is 0 Å². The van der Waals surface area contributed by atoms with E-state index in [0.29, 0.717) is 5.69 Å². The molecule has 0 unspecified atom stereocenters. The highest BCUT2D eigenvalue weighted by molar-refractivity contribution is 6.04. The van der Waals surface area contributed by atoms with Gasteiger partial charge in [-0.1, -0.05) is 35.5 Å². The largest absolute Gasteiger partial charge is 0.411 e. The first-order chi connectivity index (χ1) is 13.0. The molecule has 0 atom stereocenters. The van der Waals surface area contributed by atoms with E-state index in [1.807, 2.05) is 25.1 Å². The first-order valence-corrected chi connectivity index (χ1v) is 8.13. The zero-order valence-corrected chi connectivity index (χ0v) is 14.4. The zero-order valence-electron chi connectivity index (χ0n) is 14.4. The van der Waals surface area contributed by atoms with Gasteiger partial charge in [0.1, 0.15) is 17.2 Å². The minimum atomic E-state index is -0.915. The van der Waals surface area contributed by atoms with Crippen molar-refractivity contribution in [3.05, 3.63) is 89.0 Å². The molecule has 0 fully saturated rings. The van der Waals surface area contributed by atoms with E-state index in [2.05, 4.69) is 10.5 Å². The summed E-state index contributed by atoms with van der Waals surface area (Å²) in [6, 6.07) is 15.8. The Balaban J connectivity index is 1.84. The van der Waals surface area contributed by atoms with E-state index in [0.717, 1.165) is 34.4 Å². The van der Waals surface area contributed by atoms with Gasteiger partial charge in [0.2, 0.25) is 0 Å². The number of hydrogen-bond donors (Lipinski definition) is 2. The fraction of sp³-hybridized carbons (Fsp3) is 0.0476. The summed E-state index contributed by atoms with van der Waals surface area (Å²) in [6.45, 7) is 1.95. The third kappa shape index (κ3) is 4.00. The molecule has 0 saturated heterocycles. The summed E-state index contributed by atoms with van der Waals surface area (Å²) in [5.41, 5.74) is 3.38. The fourth-order valence-electron chi connectivity index (χ4n) is 2.74. The Kier molecular flexibility index (Phi) is 5.26. The van der Waals surface area contributed by atoms with Crippen LogP contribution in [0.2, 0.25) is 0 Å². The van der Waals surface area contributed by atoms with E-state index in [4.69, 9.17) is 5.21 Å². The van der Waals surface area contributed by atoms with E-state index in [1.165, 1.54) is 12.3 Å². The standard InChI is InChI=1S/C21H16F2N2O2/c1-13-5-6-14(12-24-27)11-17(13)15-7-9-16(10-8-15)25-21(26)20-18(22)3-2-4-19(20)23/h2-12,27H,1H3,(H,25,26). The summed E-state index contributed by atoms with van der Waals surface area (Å²) in [7, 11) is 0. The summed E-state index contributed by atoms with van der Waals surface area (Å²) in [5.74, 6) is -2.68. The van der Waals surface area contributed by atoms with Crippen molar-refractivity contribution in [1.29, 1.82) is 0 Å². The van der Waals surface area contributed by atoms with Crippen LogP contribution in [0.3, 0.4) is 0 Å². The van der Waals surface area contributed by atoms with Gasteiger partial charge in [0.05, 0.1) is 6.21 Å². The molecule has 136 valence electrons. The number of halogens is 2. The Morgan fingerprint density at radius 2 is 1.70 bits per heavy atom. The highest BCUT2D eigenvalue weighted by Crippen LogP contribution is 2.26. The molecule has 2 N–H and O–H groups in total. The summed E-state index contributed by atoms with van der Waals surface area (Å²) in [5, 5.41) is 14.2. The second kappa shape index (κ2) is 7.78. The number of oxime groups is 1. The Labute approximate surface area is 154 Å². The number of carbonyl (C=O) groups is 1. The monoisotopic (exact) mass is 366 g/mol. The third-order valence-electron chi connectivity index (χ3n) is 4.11. The predicted octanol–water partition coefficient (Wildman–Crippen LogP) is 5.00. The van der Waals surface area contributed by atoms with Crippen LogP contribution in [0, 0.1) is 18.6 Å². The molecule has 0 spiro atoms. The molecule has 0 saturated carbocycles. The van der Waals surface area contributed by atoms with Gasteiger partial charge < -0.3 is 10.5 Å². The fourth-order valence-corrected chi connectivity index (χ4v) is 2.74. The molecular formula is C21H16F2N2O2. The van der Waals surface area contributed by atoms with Crippen molar-refractivity contribution in [3.8, 4) is 11.1 Å². The number of nitrogens with one attached hydrogen (secondary N) is 1. The lowest BCUT2D eigenvalue weighted by atomic mass is 9.98. The quantitative estimate of drug-likeness (QED) is 0.388. The van der Waals surface area contributed by atoms with E-state index in [1.54, 1.807) is 24.3 Å². The van der Waals surface area contributed by atoms with Gasteiger partial charge in [-0.05, 0) is 59.5 Å². The Bertz CT molecular complexity index is 995. The lowest BCUT2D eigenvalue weighted by Crippen LogP contribution is -2.15. The summed E-state index contributed by atoms with van der Waals surface area (Å²) < 4.78 is 27.4. The van der Waals surface area contributed by atoms with Gasteiger partial charge in [-0.2, -0.15) is 0 Å². The first-order valence-electron chi connectivity index (χ1n) is 8.13. The van der Waals surface area contributed by atoms with Crippen molar-refractivity contribution in [2.75, 3.05) is 5.32 Å². The van der Waals surface area contributed by atoms with Crippen molar-refractivity contribution in [1.82, 2.24) is 0 Å². The molecule has 6 heteroatoms. The van der Waals surface area contributed by atoms with E-state index in [-0.39, 0.29) is 0 Å². The van der Waals surface area contributed by atoms with Crippen LogP contribution in [-0.2, 0) is 0 Å². The Morgan fingerprint density at radius 3 is 2.33 bits per heavy atom. The first kappa shape index (κ1) is 18.3. The topological polar surface area (TPSA) is 61.7 Å². The van der Waals surface area contributed by atoms with E-state index < -0.39 is 23.1 Å². The van der Waals surface area contributed by atoms with Crippen molar-refractivity contribution in [3.63, 3.8) is 0 Å². The average molecular weight is 366 g/mol. The number of aryl methyl sites for hydroxylation is 1. The molecule has 1 amide bonds. The minimum Gasteiger partial charge on any atom is -0.411 e. The van der Waals surface area contributed by atoms with Crippen LogP contribution >= 0.6 is 0 Å². The molecule has 3 aromatic rings. The number of anilines is 1. The molecule has 0 bridgehead atoms. The molecule has 27 heavy (non-hydrogen) atoms. The Morgan fingerprint density at radius 1 is 1.04 bits per heavy atom. The van der Waals surface area contributed by atoms with Crippen LogP contribution < -0.4 is 5.32 Å². The summed E-state index contributed by atoms with van der Waals surface area (Å²) >= 11 is 0. The SMILES string of the molecule is Cc1ccc(C=NO)cc1-c1ccc(NC(=O)c2c(F)cccc2F)cc1. The minimum absolute atomic E-state index is 0.414. The second-order valence-corrected chi connectivity index (χ2v) is 5.95. The number of carbonyl (C=O) groups excluding carboxylic acids is 1.